The first-order valence-corrected chi connectivity index (χ1v) is 5.24. The molecule has 2 aromatic rings. The number of nitrogens with zero attached hydrogens (tertiary/aromatic N) is 1. The van der Waals surface area contributed by atoms with E-state index in [2.05, 4.69) is 10.3 Å². The lowest BCUT2D eigenvalue weighted by Gasteiger charge is -2.06. The highest BCUT2D eigenvalue weighted by atomic mass is 35.5. The summed E-state index contributed by atoms with van der Waals surface area (Å²) in [7, 11) is 0. The predicted molar refractivity (Wildman–Crippen MR) is 66.0 cm³/mol. The molecule has 0 aliphatic carbocycles. The molecule has 0 unspecified atom stereocenters. The van der Waals surface area contributed by atoms with Crippen molar-refractivity contribution in [1.82, 2.24) is 4.98 Å². The summed E-state index contributed by atoms with van der Waals surface area (Å²) in [4.78, 5) is 14.7. The van der Waals surface area contributed by atoms with Crippen LogP contribution in [0.4, 0.5) is 11.5 Å². The fourth-order valence-corrected chi connectivity index (χ4v) is 1.60. The Balaban J connectivity index is 2.29. The van der Waals surface area contributed by atoms with Gasteiger partial charge in [0.15, 0.2) is 0 Å². The van der Waals surface area contributed by atoms with Gasteiger partial charge in [0.25, 0.3) is 0 Å². The molecular weight excluding hydrogens is 240 g/mol. The van der Waals surface area contributed by atoms with E-state index in [1.54, 1.807) is 30.3 Å². The number of aldehydes is 1. The van der Waals surface area contributed by atoms with Crippen LogP contribution >= 0.6 is 11.6 Å². The maximum absolute atomic E-state index is 10.7. The number of carbonyl (C=O) groups excluding carboxylic acids is 1. The van der Waals surface area contributed by atoms with Crippen molar-refractivity contribution in [3.05, 3.63) is 47.1 Å². The van der Waals surface area contributed by atoms with Crippen LogP contribution in [0.25, 0.3) is 0 Å². The average Bonchev–Trinajstić information content (AvgIpc) is 2.28. The Labute approximate surface area is 103 Å². The quantitative estimate of drug-likeness (QED) is 0.648. The molecular formula is C12H9ClN2O2. The van der Waals surface area contributed by atoms with E-state index in [-0.39, 0.29) is 10.9 Å². The number of nitrogens with one attached hydrogen (secondary N) is 1. The van der Waals surface area contributed by atoms with Crippen LogP contribution in [0, 0.1) is 0 Å². The second-order valence-electron chi connectivity index (χ2n) is 3.40. The van der Waals surface area contributed by atoms with Crippen LogP contribution < -0.4 is 5.32 Å². The number of anilines is 2. The average molecular weight is 249 g/mol. The standard InChI is InChI=1S/C12H9ClN2O2/c13-11-4-8(7-16)5-12(15-11)14-9-2-1-3-10(17)6-9/h1-7,17H,(H,14,15). The number of benzene rings is 1. The molecule has 0 amide bonds. The molecule has 0 saturated heterocycles. The highest BCUT2D eigenvalue weighted by molar-refractivity contribution is 6.29. The molecule has 17 heavy (non-hydrogen) atoms. The highest BCUT2D eigenvalue weighted by Crippen LogP contribution is 2.21. The number of phenols is 1. The third-order valence-corrected chi connectivity index (χ3v) is 2.26. The number of pyridine rings is 1. The van der Waals surface area contributed by atoms with Crippen LogP contribution in [-0.4, -0.2) is 16.4 Å². The largest absolute Gasteiger partial charge is 0.508 e. The van der Waals surface area contributed by atoms with Gasteiger partial charge in [-0.2, -0.15) is 0 Å². The summed E-state index contributed by atoms with van der Waals surface area (Å²) in [5.74, 6) is 0.595. The Morgan fingerprint density at radius 3 is 2.82 bits per heavy atom. The zero-order chi connectivity index (χ0) is 12.3. The molecule has 86 valence electrons. The van der Waals surface area contributed by atoms with Crippen molar-refractivity contribution >= 4 is 29.4 Å². The van der Waals surface area contributed by atoms with Gasteiger partial charge < -0.3 is 10.4 Å². The van der Waals surface area contributed by atoms with Gasteiger partial charge in [-0.25, -0.2) is 4.98 Å². The maximum atomic E-state index is 10.7. The Bertz CT molecular complexity index is 558. The van der Waals surface area contributed by atoms with Crippen molar-refractivity contribution in [3.8, 4) is 5.75 Å². The van der Waals surface area contributed by atoms with Gasteiger partial charge in [-0.15, -0.1) is 0 Å². The highest BCUT2D eigenvalue weighted by Gasteiger charge is 2.01. The first-order valence-electron chi connectivity index (χ1n) is 4.86. The third kappa shape index (κ3) is 2.95. The number of phenolic OH excluding ortho intramolecular Hbond substituents is 1. The first-order chi connectivity index (χ1) is 8.17. The lowest BCUT2D eigenvalue weighted by molar-refractivity contribution is 0.112. The minimum absolute atomic E-state index is 0.146. The lowest BCUT2D eigenvalue weighted by atomic mass is 10.2. The van der Waals surface area contributed by atoms with Gasteiger partial charge in [-0.1, -0.05) is 17.7 Å². The molecule has 2 rings (SSSR count). The Kier molecular flexibility index (Phi) is 3.25. The summed E-state index contributed by atoms with van der Waals surface area (Å²) >= 11 is 5.77. The van der Waals surface area contributed by atoms with Crippen molar-refractivity contribution in [1.29, 1.82) is 0 Å². The van der Waals surface area contributed by atoms with Crippen molar-refractivity contribution in [2.45, 2.75) is 0 Å². The zero-order valence-electron chi connectivity index (χ0n) is 8.72. The minimum atomic E-state index is 0.146. The molecule has 1 heterocycles. The van der Waals surface area contributed by atoms with Gasteiger partial charge in [0.1, 0.15) is 23.0 Å². The van der Waals surface area contributed by atoms with Crippen molar-refractivity contribution < 1.29 is 9.90 Å². The zero-order valence-corrected chi connectivity index (χ0v) is 9.48. The minimum Gasteiger partial charge on any atom is -0.508 e. The van der Waals surface area contributed by atoms with E-state index in [0.29, 0.717) is 23.4 Å². The van der Waals surface area contributed by atoms with E-state index in [1.165, 1.54) is 6.07 Å². The molecule has 1 aromatic heterocycles. The monoisotopic (exact) mass is 248 g/mol. The summed E-state index contributed by atoms with van der Waals surface area (Å²) in [5, 5.41) is 12.5. The summed E-state index contributed by atoms with van der Waals surface area (Å²) in [6, 6.07) is 9.62. The molecule has 5 heteroatoms. The van der Waals surface area contributed by atoms with Crippen molar-refractivity contribution in [2.75, 3.05) is 5.32 Å². The fraction of sp³-hybridized carbons (Fsp3) is 0. The molecule has 1 aromatic carbocycles. The van der Waals surface area contributed by atoms with E-state index in [9.17, 15) is 9.90 Å². The second-order valence-corrected chi connectivity index (χ2v) is 3.79. The summed E-state index contributed by atoms with van der Waals surface area (Å²) in [6.07, 6.45) is 0.696. The topological polar surface area (TPSA) is 62.2 Å². The molecule has 0 fully saturated rings. The lowest BCUT2D eigenvalue weighted by Crippen LogP contribution is -1.95. The van der Waals surface area contributed by atoms with E-state index >= 15 is 0 Å². The summed E-state index contributed by atoms with van der Waals surface area (Å²) in [6.45, 7) is 0. The van der Waals surface area contributed by atoms with Gasteiger partial charge in [-0.05, 0) is 24.3 Å². The summed E-state index contributed by atoms with van der Waals surface area (Å²) in [5.41, 5.74) is 1.10. The van der Waals surface area contributed by atoms with Crippen LogP contribution in [0.15, 0.2) is 36.4 Å². The Morgan fingerprint density at radius 2 is 2.12 bits per heavy atom. The van der Waals surface area contributed by atoms with Crippen LogP contribution in [-0.2, 0) is 0 Å². The molecule has 0 spiro atoms. The number of rotatable bonds is 3. The van der Waals surface area contributed by atoms with Gasteiger partial charge in [0.2, 0.25) is 0 Å². The molecule has 0 radical (unpaired) electrons. The summed E-state index contributed by atoms with van der Waals surface area (Å²) < 4.78 is 0. The fourth-order valence-electron chi connectivity index (χ4n) is 1.38. The molecule has 2 N–H and O–H groups in total. The van der Waals surface area contributed by atoms with Crippen LogP contribution in [0.1, 0.15) is 10.4 Å². The van der Waals surface area contributed by atoms with Crippen molar-refractivity contribution in [2.24, 2.45) is 0 Å². The predicted octanol–water partition coefficient (Wildman–Crippen LogP) is 3.00. The normalized spacial score (nSPS) is 9.94. The number of hydrogen-bond acceptors (Lipinski definition) is 4. The molecule has 4 nitrogen and oxygen atoms in total. The molecule has 0 aliphatic rings. The van der Waals surface area contributed by atoms with Crippen LogP contribution in [0.2, 0.25) is 5.15 Å². The van der Waals surface area contributed by atoms with E-state index in [0.717, 1.165) is 0 Å². The molecule has 0 saturated carbocycles. The van der Waals surface area contributed by atoms with Gasteiger partial charge in [0, 0.05) is 17.3 Å². The van der Waals surface area contributed by atoms with Crippen molar-refractivity contribution in [3.63, 3.8) is 0 Å². The number of halogens is 1. The Hall–Kier alpha value is -2.07. The van der Waals surface area contributed by atoms with E-state index < -0.39 is 0 Å². The maximum Gasteiger partial charge on any atom is 0.150 e. The van der Waals surface area contributed by atoms with Gasteiger partial charge in [0.05, 0.1) is 0 Å². The smallest absolute Gasteiger partial charge is 0.150 e. The Morgan fingerprint density at radius 1 is 1.29 bits per heavy atom. The SMILES string of the molecule is O=Cc1cc(Cl)nc(Nc2cccc(O)c2)c1. The van der Waals surface area contributed by atoms with Gasteiger partial charge >= 0.3 is 0 Å². The van der Waals surface area contributed by atoms with E-state index in [4.69, 9.17) is 11.6 Å². The molecule has 0 atom stereocenters. The molecule has 0 aliphatic heterocycles. The van der Waals surface area contributed by atoms with E-state index in [1.807, 2.05) is 0 Å². The number of carbonyl (C=O) groups is 1. The van der Waals surface area contributed by atoms with Crippen LogP contribution in [0.5, 0.6) is 5.75 Å². The first kappa shape index (κ1) is 11.4. The number of aromatic hydroxyl groups is 1. The van der Waals surface area contributed by atoms with Gasteiger partial charge in [-0.3, -0.25) is 4.79 Å². The number of aromatic nitrogens is 1. The van der Waals surface area contributed by atoms with Crippen LogP contribution in [0.3, 0.4) is 0 Å². The second kappa shape index (κ2) is 4.84. The number of hydrogen-bond donors (Lipinski definition) is 2. The third-order valence-electron chi connectivity index (χ3n) is 2.07. The molecule has 0 bridgehead atoms.